The van der Waals surface area contributed by atoms with Gasteiger partial charge in [0.15, 0.2) is 6.61 Å². The van der Waals surface area contributed by atoms with Crippen LogP contribution in [0.5, 0.6) is 5.75 Å². The summed E-state index contributed by atoms with van der Waals surface area (Å²) in [6, 6.07) is 1.40. The molecule has 1 rings (SSSR count). The van der Waals surface area contributed by atoms with Crippen molar-refractivity contribution in [3.8, 4) is 5.75 Å². The quantitative estimate of drug-likeness (QED) is 0.844. The van der Waals surface area contributed by atoms with Gasteiger partial charge in [-0.2, -0.15) is 0 Å². The lowest BCUT2D eigenvalue weighted by molar-refractivity contribution is -0.0320. The maximum atomic E-state index is 12.6. The molecule has 1 heterocycles. The number of nitrogens with zero attached hydrogens (tertiary/aromatic N) is 1. The summed E-state index contributed by atoms with van der Waals surface area (Å²) in [6.07, 6.45) is 2.69. The van der Waals surface area contributed by atoms with Crippen LogP contribution in [-0.2, 0) is 0 Å². The topological polar surface area (TPSA) is 48.1 Å². The molecule has 0 radical (unpaired) electrons. The zero-order valence-corrected chi connectivity index (χ0v) is 7.97. The van der Waals surface area contributed by atoms with Crippen molar-refractivity contribution < 1.29 is 13.5 Å². The van der Waals surface area contributed by atoms with Crippen LogP contribution >= 0.6 is 11.6 Å². The van der Waals surface area contributed by atoms with Gasteiger partial charge in [-0.25, -0.2) is 8.78 Å². The summed E-state index contributed by atoms with van der Waals surface area (Å²) in [6.45, 7) is -1.52. The highest BCUT2D eigenvalue weighted by atomic mass is 35.5. The van der Waals surface area contributed by atoms with E-state index in [0.29, 0.717) is 5.02 Å². The molecule has 0 aliphatic carbocycles. The number of nitrogens with two attached hydrogens (primary N) is 1. The first kappa shape index (κ1) is 11.1. The molecule has 3 nitrogen and oxygen atoms in total. The summed E-state index contributed by atoms with van der Waals surface area (Å²) in [5.74, 6) is -2.83. The maximum Gasteiger partial charge on any atom is 0.293 e. The molecule has 0 saturated heterocycles. The van der Waals surface area contributed by atoms with E-state index in [1.807, 2.05) is 0 Å². The Hall–Kier alpha value is -0.940. The van der Waals surface area contributed by atoms with E-state index in [4.69, 9.17) is 22.1 Å². The highest BCUT2D eigenvalue weighted by Crippen LogP contribution is 2.18. The van der Waals surface area contributed by atoms with Crippen molar-refractivity contribution in [2.24, 2.45) is 5.73 Å². The van der Waals surface area contributed by atoms with Crippen molar-refractivity contribution >= 4 is 11.6 Å². The molecule has 2 N–H and O–H groups in total. The van der Waals surface area contributed by atoms with Gasteiger partial charge < -0.3 is 10.5 Å². The number of hydrogen-bond donors (Lipinski definition) is 1. The number of ether oxygens (including phenoxy) is 1. The molecule has 14 heavy (non-hydrogen) atoms. The molecule has 0 aliphatic heterocycles. The monoisotopic (exact) mass is 222 g/mol. The van der Waals surface area contributed by atoms with Gasteiger partial charge in [-0.3, -0.25) is 4.98 Å². The highest BCUT2D eigenvalue weighted by molar-refractivity contribution is 6.30. The van der Waals surface area contributed by atoms with Crippen LogP contribution in [0.15, 0.2) is 18.5 Å². The number of aromatic nitrogens is 1. The highest BCUT2D eigenvalue weighted by Gasteiger charge is 2.27. The molecule has 0 fully saturated rings. The molecule has 78 valence electrons. The molecule has 0 unspecified atom stereocenters. The summed E-state index contributed by atoms with van der Waals surface area (Å²) < 4.78 is 30.0. The van der Waals surface area contributed by atoms with Crippen molar-refractivity contribution in [2.75, 3.05) is 13.2 Å². The molecular weight excluding hydrogens is 214 g/mol. The fourth-order valence-corrected chi connectivity index (χ4v) is 0.883. The fourth-order valence-electron chi connectivity index (χ4n) is 0.719. The maximum absolute atomic E-state index is 12.6. The summed E-state index contributed by atoms with van der Waals surface area (Å²) in [5.41, 5.74) is 4.83. The Kier molecular flexibility index (Phi) is 3.60. The largest absolute Gasteiger partial charge is 0.486 e. The van der Waals surface area contributed by atoms with Crippen molar-refractivity contribution in [1.82, 2.24) is 4.98 Å². The van der Waals surface area contributed by atoms with Crippen LogP contribution in [0.4, 0.5) is 8.78 Å². The second-order valence-electron chi connectivity index (χ2n) is 2.69. The molecule has 0 amide bonds. The fraction of sp³-hybridized carbons (Fsp3) is 0.375. The standard InChI is InChI=1S/C8H9ClF2N2O/c9-6-1-7(3-13-2-6)14-5-8(10,11)4-12/h1-3H,4-5,12H2. The van der Waals surface area contributed by atoms with Crippen LogP contribution in [0.3, 0.4) is 0 Å². The summed E-state index contributed by atoms with van der Waals surface area (Å²) in [7, 11) is 0. The molecule has 0 aliphatic rings. The Morgan fingerprint density at radius 3 is 2.79 bits per heavy atom. The van der Waals surface area contributed by atoms with E-state index in [0.717, 1.165) is 0 Å². The van der Waals surface area contributed by atoms with Gasteiger partial charge in [-0.15, -0.1) is 0 Å². The van der Waals surface area contributed by atoms with Crippen LogP contribution in [0, 0.1) is 0 Å². The average molecular weight is 223 g/mol. The van der Waals surface area contributed by atoms with Gasteiger partial charge in [0.2, 0.25) is 0 Å². The first-order chi connectivity index (χ1) is 6.53. The van der Waals surface area contributed by atoms with Gasteiger partial charge in [0.05, 0.1) is 17.8 Å². The number of pyridine rings is 1. The Balaban J connectivity index is 2.54. The van der Waals surface area contributed by atoms with Gasteiger partial charge in [-0.1, -0.05) is 11.6 Å². The van der Waals surface area contributed by atoms with E-state index >= 15 is 0 Å². The van der Waals surface area contributed by atoms with Crippen molar-refractivity contribution in [3.63, 3.8) is 0 Å². The smallest absolute Gasteiger partial charge is 0.293 e. The van der Waals surface area contributed by atoms with E-state index < -0.39 is 19.1 Å². The van der Waals surface area contributed by atoms with E-state index in [9.17, 15) is 8.78 Å². The Bertz CT molecular complexity index is 309. The first-order valence-corrected chi connectivity index (χ1v) is 4.22. The van der Waals surface area contributed by atoms with E-state index in [1.165, 1.54) is 18.5 Å². The zero-order valence-electron chi connectivity index (χ0n) is 7.21. The number of hydrogen-bond acceptors (Lipinski definition) is 3. The third-order valence-electron chi connectivity index (χ3n) is 1.43. The van der Waals surface area contributed by atoms with Crippen LogP contribution in [-0.4, -0.2) is 24.1 Å². The summed E-state index contributed by atoms with van der Waals surface area (Å²) in [4.78, 5) is 3.68. The molecule has 0 atom stereocenters. The minimum Gasteiger partial charge on any atom is -0.486 e. The minimum absolute atomic E-state index is 0.200. The first-order valence-electron chi connectivity index (χ1n) is 3.85. The van der Waals surface area contributed by atoms with Gasteiger partial charge >= 0.3 is 0 Å². The van der Waals surface area contributed by atoms with Gasteiger partial charge in [0.25, 0.3) is 5.92 Å². The SMILES string of the molecule is NCC(F)(F)COc1cncc(Cl)c1. The van der Waals surface area contributed by atoms with Crippen LogP contribution in [0.1, 0.15) is 0 Å². The second-order valence-corrected chi connectivity index (χ2v) is 3.12. The molecule has 0 saturated carbocycles. The molecular formula is C8H9ClF2N2O. The third kappa shape index (κ3) is 3.43. The summed E-state index contributed by atoms with van der Waals surface area (Å²) >= 11 is 5.57. The lowest BCUT2D eigenvalue weighted by atomic mass is 10.3. The molecule has 0 spiro atoms. The molecule has 1 aromatic rings. The Morgan fingerprint density at radius 2 is 2.21 bits per heavy atom. The van der Waals surface area contributed by atoms with Gasteiger partial charge in [0.1, 0.15) is 5.75 Å². The van der Waals surface area contributed by atoms with Crippen LogP contribution < -0.4 is 10.5 Å². The van der Waals surface area contributed by atoms with Crippen LogP contribution in [0.25, 0.3) is 0 Å². The lowest BCUT2D eigenvalue weighted by Gasteiger charge is -2.14. The van der Waals surface area contributed by atoms with Crippen molar-refractivity contribution in [1.29, 1.82) is 0 Å². The van der Waals surface area contributed by atoms with E-state index in [1.54, 1.807) is 0 Å². The molecule has 0 aromatic carbocycles. The Morgan fingerprint density at radius 1 is 1.50 bits per heavy atom. The molecule has 1 aromatic heterocycles. The van der Waals surface area contributed by atoms with Crippen molar-refractivity contribution in [2.45, 2.75) is 5.92 Å². The number of rotatable bonds is 4. The number of halogens is 3. The Labute approximate surface area is 84.8 Å². The lowest BCUT2D eigenvalue weighted by Crippen LogP contribution is -2.34. The average Bonchev–Trinajstić information content (AvgIpc) is 2.15. The minimum atomic E-state index is -3.03. The third-order valence-corrected chi connectivity index (χ3v) is 1.64. The van der Waals surface area contributed by atoms with E-state index in [2.05, 4.69) is 4.98 Å². The van der Waals surface area contributed by atoms with Gasteiger partial charge in [0, 0.05) is 12.3 Å². The number of alkyl halides is 2. The summed E-state index contributed by atoms with van der Waals surface area (Å²) in [5, 5.41) is 0.332. The second kappa shape index (κ2) is 4.52. The molecule has 0 bridgehead atoms. The van der Waals surface area contributed by atoms with Crippen molar-refractivity contribution in [3.05, 3.63) is 23.5 Å². The van der Waals surface area contributed by atoms with Gasteiger partial charge in [-0.05, 0) is 0 Å². The zero-order chi connectivity index (χ0) is 10.6. The van der Waals surface area contributed by atoms with Crippen LogP contribution in [0.2, 0.25) is 5.02 Å². The predicted molar refractivity (Wildman–Crippen MR) is 48.7 cm³/mol. The normalized spacial score (nSPS) is 11.4. The van der Waals surface area contributed by atoms with E-state index in [-0.39, 0.29) is 5.75 Å². The predicted octanol–water partition coefficient (Wildman–Crippen LogP) is 1.71. The molecule has 6 heteroatoms.